The molecule has 2 aliphatic heterocycles. The predicted molar refractivity (Wildman–Crippen MR) is 70.4 cm³/mol. The van der Waals surface area contributed by atoms with Crippen molar-refractivity contribution >= 4 is 12.0 Å². The molecule has 0 spiro atoms. The van der Waals surface area contributed by atoms with Gasteiger partial charge in [0.1, 0.15) is 5.92 Å². The van der Waals surface area contributed by atoms with E-state index in [4.69, 9.17) is 14.6 Å². The molecule has 3 N–H and O–H groups in total. The van der Waals surface area contributed by atoms with Crippen LogP contribution in [-0.2, 0) is 14.3 Å². The molecule has 2 saturated heterocycles. The van der Waals surface area contributed by atoms with Gasteiger partial charge in [-0.25, -0.2) is 4.79 Å². The van der Waals surface area contributed by atoms with Crippen LogP contribution < -0.4 is 10.6 Å². The average molecular weight is 286 g/mol. The summed E-state index contributed by atoms with van der Waals surface area (Å²) in [6, 6.07) is -0.803. The molecule has 2 amide bonds. The number of carboxylic acids is 1. The van der Waals surface area contributed by atoms with Crippen molar-refractivity contribution in [2.24, 2.45) is 11.8 Å². The highest BCUT2D eigenvalue weighted by Gasteiger charge is 2.35. The normalized spacial score (nSPS) is 33.0. The van der Waals surface area contributed by atoms with E-state index in [2.05, 4.69) is 17.6 Å². The van der Waals surface area contributed by atoms with E-state index in [-0.39, 0.29) is 25.3 Å². The van der Waals surface area contributed by atoms with Crippen molar-refractivity contribution < 1.29 is 24.2 Å². The van der Waals surface area contributed by atoms with E-state index < -0.39 is 17.9 Å². The molecule has 4 unspecified atom stereocenters. The molecular formula is C13H22N2O5. The van der Waals surface area contributed by atoms with Crippen molar-refractivity contribution in [1.82, 2.24) is 10.6 Å². The quantitative estimate of drug-likeness (QED) is 0.671. The fourth-order valence-corrected chi connectivity index (χ4v) is 2.76. The Kier molecular flexibility index (Phi) is 5.19. The monoisotopic (exact) mass is 286 g/mol. The summed E-state index contributed by atoms with van der Waals surface area (Å²) < 4.78 is 10.7. The van der Waals surface area contributed by atoms with Gasteiger partial charge in [0.2, 0.25) is 0 Å². The molecule has 2 aliphatic rings. The molecule has 7 nitrogen and oxygen atoms in total. The van der Waals surface area contributed by atoms with E-state index in [0.29, 0.717) is 12.5 Å². The molecular weight excluding hydrogens is 264 g/mol. The highest BCUT2D eigenvalue weighted by atomic mass is 16.5. The maximum atomic E-state index is 11.8. The Morgan fingerprint density at radius 3 is 2.85 bits per heavy atom. The molecule has 0 radical (unpaired) electrons. The van der Waals surface area contributed by atoms with Gasteiger partial charge in [-0.1, -0.05) is 6.92 Å². The molecule has 0 aromatic rings. The third-order valence-corrected chi connectivity index (χ3v) is 3.99. The van der Waals surface area contributed by atoms with Crippen LogP contribution in [0.25, 0.3) is 0 Å². The van der Waals surface area contributed by atoms with Crippen LogP contribution in [0.3, 0.4) is 0 Å². The van der Waals surface area contributed by atoms with Gasteiger partial charge in [-0.05, 0) is 12.8 Å². The molecule has 0 aromatic heterocycles. The fourth-order valence-electron chi connectivity index (χ4n) is 2.76. The number of hydrogen-bond acceptors (Lipinski definition) is 4. The Morgan fingerprint density at radius 1 is 1.35 bits per heavy atom. The van der Waals surface area contributed by atoms with Crippen LogP contribution in [0.5, 0.6) is 0 Å². The largest absolute Gasteiger partial charge is 0.481 e. The zero-order valence-electron chi connectivity index (χ0n) is 11.6. The van der Waals surface area contributed by atoms with Crippen LogP contribution in [-0.4, -0.2) is 55.6 Å². The third-order valence-electron chi connectivity index (χ3n) is 3.99. The molecule has 7 heteroatoms. The predicted octanol–water partition coefficient (Wildman–Crippen LogP) is 0.200. The van der Waals surface area contributed by atoms with Gasteiger partial charge in [0.25, 0.3) is 0 Å². The number of carbonyl (C=O) groups is 2. The molecule has 2 heterocycles. The Labute approximate surface area is 118 Å². The number of carboxylic acid groups (broad SMARTS) is 1. The van der Waals surface area contributed by atoms with Gasteiger partial charge in [0.05, 0.1) is 25.4 Å². The summed E-state index contributed by atoms with van der Waals surface area (Å²) in [6.45, 7) is 3.75. The second-order valence-corrected chi connectivity index (χ2v) is 5.31. The number of amides is 2. The minimum atomic E-state index is -0.942. The molecule has 4 atom stereocenters. The van der Waals surface area contributed by atoms with E-state index in [1.807, 2.05) is 0 Å². The Balaban J connectivity index is 1.74. The second-order valence-electron chi connectivity index (χ2n) is 5.31. The number of hydrogen-bond donors (Lipinski definition) is 3. The minimum absolute atomic E-state index is 0.147. The lowest BCUT2D eigenvalue weighted by molar-refractivity contribution is -0.142. The zero-order valence-corrected chi connectivity index (χ0v) is 11.6. The topological polar surface area (TPSA) is 96.9 Å². The first-order valence-electron chi connectivity index (χ1n) is 7.08. The van der Waals surface area contributed by atoms with Crippen LogP contribution in [0.15, 0.2) is 0 Å². The van der Waals surface area contributed by atoms with E-state index in [0.717, 1.165) is 19.4 Å². The van der Waals surface area contributed by atoms with Crippen LogP contribution in [0.4, 0.5) is 4.79 Å². The lowest BCUT2D eigenvalue weighted by atomic mass is 10.00. The summed E-state index contributed by atoms with van der Waals surface area (Å²) in [5.74, 6) is -1.28. The van der Waals surface area contributed by atoms with Crippen molar-refractivity contribution in [2.75, 3.05) is 26.4 Å². The van der Waals surface area contributed by atoms with E-state index in [1.54, 1.807) is 0 Å². The number of aliphatic carboxylic acids is 1. The van der Waals surface area contributed by atoms with Gasteiger partial charge in [0, 0.05) is 19.1 Å². The minimum Gasteiger partial charge on any atom is -0.481 e. The summed E-state index contributed by atoms with van der Waals surface area (Å²) in [4.78, 5) is 22.8. The first kappa shape index (κ1) is 15.1. The number of carbonyl (C=O) groups excluding carboxylic acids is 1. The molecule has 0 bridgehead atoms. The van der Waals surface area contributed by atoms with Gasteiger partial charge >= 0.3 is 12.0 Å². The van der Waals surface area contributed by atoms with Crippen molar-refractivity contribution in [3.8, 4) is 0 Å². The summed E-state index contributed by atoms with van der Waals surface area (Å²) in [5.41, 5.74) is 0. The summed E-state index contributed by atoms with van der Waals surface area (Å²) >= 11 is 0. The average Bonchev–Trinajstić information content (AvgIpc) is 3.04. The maximum Gasteiger partial charge on any atom is 0.315 e. The Hall–Kier alpha value is -1.34. The van der Waals surface area contributed by atoms with E-state index >= 15 is 0 Å². The molecule has 0 aromatic carbocycles. The molecule has 2 rings (SSSR count). The molecule has 0 aliphatic carbocycles. The van der Waals surface area contributed by atoms with Gasteiger partial charge in [-0.3, -0.25) is 4.79 Å². The van der Waals surface area contributed by atoms with E-state index in [1.165, 1.54) is 0 Å². The molecule has 20 heavy (non-hydrogen) atoms. The van der Waals surface area contributed by atoms with Crippen LogP contribution in [0.2, 0.25) is 0 Å². The standard InChI is InChI=1S/C13H22N2O5/c1-2-11-8(3-4-20-11)5-14-13(18)15-10-7-19-6-9(10)12(16)17/h8-11H,2-7H2,1H3,(H,16,17)(H2,14,15,18). The molecule has 2 fully saturated rings. The number of urea groups is 1. The van der Waals surface area contributed by atoms with Crippen LogP contribution in [0, 0.1) is 11.8 Å². The van der Waals surface area contributed by atoms with E-state index in [9.17, 15) is 9.59 Å². The van der Waals surface area contributed by atoms with Crippen molar-refractivity contribution in [3.63, 3.8) is 0 Å². The zero-order chi connectivity index (χ0) is 14.5. The van der Waals surface area contributed by atoms with Gasteiger partial charge in [0.15, 0.2) is 0 Å². The summed E-state index contributed by atoms with van der Waals surface area (Å²) in [5, 5.41) is 14.5. The smallest absolute Gasteiger partial charge is 0.315 e. The first-order chi connectivity index (χ1) is 9.61. The third kappa shape index (κ3) is 3.61. The lowest BCUT2D eigenvalue weighted by Crippen LogP contribution is -2.48. The second kappa shape index (κ2) is 6.90. The number of ether oxygens (including phenoxy) is 2. The Bertz CT molecular complexity index is 363. The van der Waals surface area contributed by atoms with Gasteiger partial charge in [-0.15, -0.1) is 0 Å². The summed E-state index contributed by atoms with van der Waals surface area (Å²) in [6.07, 6.45) is 2.09. The van der Waals surface area contributed by atoms with Crippen LogP contribution >= 0.6 is 0 Å². The van der Waals surface area contributed by atoms with Gasteiger partial charge < -0.3 is 25.2 Å². The van der Waals surface area contributed by atoms with Gasteiger partial charge in [-0.2, -0.15) is 0 Å². The molecule has 114 valence electrons. The first-order valence-corrected chi connectivity index (χ1v) is 7.08. The van der Waals surface area contributed by atoms with Crippen molar-refractivity contribution in [2.45, 2.75) is 31.9 Å². The number of nitrogens with one attached hydrogen (secondary N) is 2. The highest BCUT2D eigenvalue weighted by Crippen LogP contribution is 2.22. The lowest BCUT2D eigenvalue weighted by Gasteiger charge is -2.19. The van der Waals surface area contributed by atoms with Crippen LogP contribution in [0.1, 0.15) is 19.8 Å². The fraction of sp³-hybridized carbons (Fsp3) is 0.846. The number of rotatable bonds is 5. The highest BCUT2D eigenvalue weighted by molar-refractivity contribution is 5.77. The molecule has 0 saturated carbocycles. The maximum absolute atomic E-state index is 11.8. The SMILES string of the molecule is CCC1OCCC1CNC(=O)NC1COCC1C(=O)O. The Morgan fingerprint density at radius 2 is 2.15 bits per heavy atom. The van der Waals surface area contributed by atoms with Crippen molar-refractivity contribution in [3.05, 3.63) is 0 Å². The van der Waals surface area contributed by atoms with Crippen molar-refractivity contribution in [1.29, 1.82) is 0 Å². The summed E-state index contributed by atoms with van der Waals surface area (Å²) in [7, 11) is 0.